The van der Waals surface area contributed by atoms with Gasteiger partial charge in [-0.3, -0.25) is 4.98 Å². The van der Waals surface area contributed by atoms with Gasteiger partial charge < -0.3 is 16.4 Å². The molecule has 5 nitrogen and oxygen atoms in total. The van der Waals surface area contributed by atoms with E-state index in [0.29, 0.717) is 11.6 Å². The molecular weight excluding hydrogens is 312 g/mol. The third-order valence-corrected chi connectivity index (χ3v) is 4.17. The Kier molecular flexibility index (Phi) is 4.79. The molecule has 0 radical (unpaired) electrons. The van der Waals surface area contributed by atoms with Crippen LogP contribution in [0.15, 0.2) is 36.5 Å². The van der Waals surface area contributed by atoms with Crippen LogP contribution < -0.4 is 16.4 Å². The first-order valence-electron chi connectivity index (χ1n) is 7.63. The van der Waals surface area contributed by atoms with Gasteiger partial charge in [-0.1, -0.05) is 17.7 Å². The van der Waals surface area contributed by atoms with E-state index >= 15 is 0 Å². The van der Waals surface area contributed by atoms with Crippen molar-refractivity contribution in [3.8, 4) is 0 Å². The molecule has 4 N–H and O–H groups in total. The number of carbonyl (C=O) groups excluding carboxylic acids is 1. The minimum Gasteiger partial charge on any atom is -0.332 e. The van der Waals surface area contributed by atoms with E-state index in [-0.39, 0.29) is 12.1 Å². The van der Waals surface area contributed by atoms with Gasteiger partial charge in [0.05, 0.1) is 17.3 Å². The van der Waals surface area contributed by atoms with Gasteiger partial charge in [-0.15, -0.1) is 0 Å². The summed E-state index contributed by atoms with van der Waals surface area (Å²) < 4.78 is 0. The first-order chi connectivity index (χ1) is 11.1. The molecule has 0 spiro atoms. The van der Waals surface area contributed by atoms with Crippen LogP contribution in [0.5, 0.6) is 0 Å². The number of hydrogen-bond acceptors (Lipinski definition) is 3. The van der Waals surface area contributed by atoms with Crippen LogP contribution in [-0.2, 0) is 19.4 Å². The number of carbonyl (C=O) groups is 1. The average Bonchev–Trinajstić information content (AvgIpc) is 2.54. The van der Waals surface area contributed by atoms with E-state index in [1.54, 1.807) is 18.3 Å². The van der Waals surface area contributed by atoms with Crippen LogP contribution in [0.4, 0.5) is 10.5 Å². The molecule has 2 aromatic rings. The van der Waals surface area contributed by atoms with Crippen molar-refractivity contribution >= 4 is 23.3 Å². The van der Waals surface area contributed by atoms with Crippen LogP contribution >= 0.6 is 11.6 Å². The van der Waals surface area contributed by atoms with Gasteiger partial charge in [0.25, 0.3) is 0 Å². The zero-order valence-corrected chi connectivity index (χ0v) is 13.4. The summed E-state index contributed by atoms with van der Waals surface area (Å²) in [6.07, 6.45) is 4.42. The van der Waals surface area contributed by atoms with Gasteiger partial charge >= 0.3 is 6.03 Å². The average molecular weight is 331 g/mol. The molecule has 0 fully saturated rings. The molecule has 1 atom stereocenters. The molecule has 1 aliphatic carbocycles. The maximum Gasteiger partial charge on any atom is 0.319 e. The van der Waals surface area contributed by atoms with Gasteiger partial charge in [0.15, 0.2) is 0 Å². The molecule has 0 bridgehead atoms. The summed E-state index contributed by atoms with van der Waals surface area (Å²) in [6.45, 7) is 0.350. The maximum absolute atomic E-state index is 12.0. The number of nitrogens with one attached hydrogen (secondary N) is 2. The number of amides is 2. The highest BCUT2D eigenvalue weighted by Gasteiger charge is 2.15. The van der Waals surface area contributed by atoms with E-state index in [1.165, 1.54) is 11.1 Å². The largest absolute Gasteiger partial charge is 0.332 e. The molecule has 1 aliphatic rings. The normalized spacial score (nSPS) is 16.5. The standard InChI is InChI=1S/C17H19ClN4O/c18-13-3-6-16(20-9-13)10-21-17(23)22-15-5-2-11-7-14(19)4-1-12(11)8-15/h2-3,5-6,8-9,14H,1,4,7,10,19H2,(H2,21,22,23)/t14-/m0/s1. The Labute approximate surface area is 140 Å². The predicted octanol–water partition coefficient (Wildman–Crippen LogP) is 2.87. The van der Waals surface area contributed by atoms with Crippen molar-refractivity contribution in [3.05, 3.63) is 58.4 Å². The number of fused-ring (bicyclic) bond motifs is 1. The van der Waals surface area contributed by atoms with E-state index in [2.05, 4.69) is 15.6 Å². The topological polar surface area (TPSA) is 80.0 Å². The molecule has 23 heavy (non-hydrogen) atoms. The van der Waals surface area contributed by atoms with Gasteiger partial charge in [0.1, 0.15) is 0 Å². The first-order valence-corrected chi connectivity index (χ1v) is 8.00. The fourth-order valence-electron chi connectivity index (χ4n) is 2.72. The minimum atomic E-state index is -0.255. The lowest BCUT2D eigenvalue weighted by atomic mass is 9.88. The van der Waals surface area contributed by atoms with Crippen molar-refractivity contribution in [1.29, 1.82) is 0 Å². The summed E-state index contributed by atoms with van der Waals surface area (Å²) in [5, 5.41) is 6.20. The van der Waals surface area contributed by atoms with E-state index in [1.807, 2.05) is 18.2 Å². The Morgan fingerprint density at radius 2 is 2.17 bits per heavy atom. The minimum absolute atomic E-state index is 0.247. The SMILES string of the molecule is N[C@H]1CCc2cc(NC(=O)NCc3ccc(Cl)cn3)ccc2C1. The summed E-state index contributed by atoms with van der Waals surface area (Å²) in [6, 6.07) is 9.51. The monoisotopic (exact) mass is 330 g/mol. The number of urea groups is 1. The molecule has 1 aromatic heterocycles. The Hall–Kier alpha value is -2.11. The van der Waals surface area contributed by atoms with Crippen molar-refractivity contribution in [2.24, 2.45) is 5.73 Å². The number of aryl methyl sites for hydroxylation is 1. The van der Waals surface area contributed by atoms with Gasteiger partial charge in [-0.25, -0.2) is 4.79 Å². The third-order valence-electron chi connectivity index (χ3n) is 3.95. The van der Waals surface area contributed by atoms with Crippen LogP contribution in [0.1, 0.15) is 23.2 Å². The molecule has 0 saturated carbocycles. The lowest BCUT2D eigenvalue weighted by Gasteiger charge is -2.22. The number of pyridine rings is 1. The summed E-state index contributed by atoms with van der Waals surface area (Å²) in [4.78, 5) is 16.1. The molecule has 0 aliphatic heterocycles. The second kappa shape index (κ2) is 6.98. The Morgan fingerprint density at radius 1 is 1.30 bits per heavy atom. The van der Waals surface area contributed by atoms with E-state index < -0.39 is 0 Å². The number of rotatable bonds is 3. The fourth-order valence-corrected chi connectivity index (χ4v) is 2.83. The second-order valence-electron chi connectivity index (χ2n) is 5.76. The van der Waals surface area contributed by atoms with Gasteiger partial charge in [0.2, 0.25) is 0 Å². The number of hydrogen-bond donors (Lipinski definition) is 3. The summed E-state index contributed by atoms with van der Waals surface area (Å²) in [7, 11) is 0. The van der Waals surface area contributed by atoms with Crippen LogP contribution in [0.2, 0.25) is 5.02 Å². The Morgan fingerprint density at radius 3 is 2.96 bits per heavy atom. The first kappa shape index (κ1) is 15.8. The summed E-state index contributed by atoms with van der Waals surface area (Å²) in [5.41, 5.74) is 10.1. The number of halogens is 1. The Balaban J connectivity index is 1.56. The number of aromatic nitrogens is 1. The molecule has 1 heterocycles. The highest BCUT2D eigenvalue weighted by atomic mass is 35.5. The van der Waals surface area contributed by atoms with Crippen molar-refractivity contribution in [2.75, 3.05) is 5.32 Å². The van der Waals surface area contributed by atoms with E-state index in [4.69, 9.17) is 17.3 Å². The molecule has 0 unspecified atom stereocenters. The van der Waals surface area contributed by atoms with Crippen LogP contribution in [0.25, 0.3) is 0 Å². The van der Waals surface area contributed by atoms with Crippen molar-refractivity contribution in [2.45, 2.75) is 31.8 Å². The smallest absolute Gasteiger partial charge is 0.319 e. The number of benzene rings is 1. The molecule has 6 heteroatoms. The highest BCUT2D eigenvalue weighted by molar-refractivity contribution is 6.30. The molecule has 0 saturated heterocycles. The molecule has 3 rings (SSSR count). The molecule has 2 amide bonds. The number of nitrogens with two attached hydrogens (primary N) is 1. The molecule has 1 aromatic carbocycles. The zero-order chi connectivity index (χ0) is 16.2. The number of nitrogens with zero attached hydrogens (tertiary/aromatic N) is 1. The van der Waals surface area contributed by atoms with Gasteiger partial charge in [0, 0.05) is 17.9 Å². The van der Waals surface area contributed by atoms with Crippen molar-refractivity contribution in [1.82, 2.24) is 10.3 Å². The lowest BCUT2D eigenvalue weighted by Crippen LogP contribution is -2.29. The van der Waals surface area contributed by atoms with Crippen LogP contribution in [-0.4, -0.2) is 17.1 Å². The quantitative estimate of drug-likeness (QED) is 0.809. The van der Waals surface area contributed by atoms with Gasteiger partial charge in [-0.05, 0) is 54.7 Å². The highest BCUT2D eigenvalue weighted by Crippen LogP contribution is 2.23. The maximum atomic E-state index is 12.0. The lowest BCUT2D eigenvalue weighted by molar-refractivity contribution is 0.251. The van der Waals surface area contributed by atoms with Crippen molar-refractivity contribution in [3.63, 3.8) is 0 Å². The van der Waals surface area contributed by atoms with Crippen LogP contribution in [0, 0.1) is 0 Å². The molecule has 120 valence electrons. The predicted molar refractivity (Wildman–Crippen MR) is 91.5 cm³/mol. The molecular formula is C17H19ClN4O. The Bertz CT molecular complexity index is 702. The summed E-state index contributed by atoms with van der Waals surface area (Å²) in [5.74, 6) is 0. The fraction of sp³-hybridized carbons (Fsp3) is 0.294. The van der Waals surface area contributed by atoms with Gasteiger partial charge in [-0.2, -0.15) is 0 Å². The summed E-state index contributed by atoms with van der Waals surface area (Å²) >= 11 is 5.78. The zero-order valence-electron chi connectivity index (χ0n) is 12.7. The van der Waals surface area contributed by atoms with E-state index in [0.717, 1.165) is 30.6 Å². The van der Waals surface area contributed by atoms with Crippen LogP contribution in [0.3, 0.4) is 0 Å². The number of anilines is 1. The third kappa shape index (κ3) is 4.21. The van der Waals surface area contributed by atoms with Crippen molar-refractivity contribution < 1.29 is 4.79 Å². The second-order valence-corrected chi connectivity index (χ2v) is 6.20. The van der Waals surface area contributed by atoms with E-state index in [9.17, 15) is 4.79 Å².